The van der Waals surface area contributed by atoms with E-state index >= 15 is 0 Å². The van der Waals surface area contributed by atoms with Crippen LogP contribution in [0.4, 0.5) is 0 Å². The zero-order valence-corrected chi connectivity index (χ0v) is 15.2. The van der Waals surface area contributed by atoms with Gasteiger partial charge >= 0.3 is 0 Å². The highest BCUT2D eigenvalue weighted by atomic mass is 16.3. The van der Waals surface area contributed by atoms with Gasteiger partial charge in [-0.3, -0.25) is 14.4 Å². The number of carbonyl (C=O) groups is 3. The molecule has 6 nitrogen and oxygen atoms in total. The van der Waals surface area contributed by atoms with Crippen molar-refractivity contribution in [2.45, 2.75) is 45.6 Å². The Morgan fingerprint density at radius 2 is 1.62 bits per heavy atom. The van der Waals surface area contributed by atoms with E-state index in [-0.39, 0.29) is 27.9 Å². The number of phenols is 2. The maximum absolute atomic E-state index is 12.7. The number of aliphatic hydroxyl groups is 1. The summed E-state index contributed by atoms with van der Waals surface area (Å²) >= 11 is 0. The summed E-state index contributed by atoms with van der Waals surface area (Å²) in [6, 6.07) is 3.16. The largest absolute Gasteiger partial charge is 0.506 e. The minimum atomic E-state index is -2.29. The van der Waals surface area contributed by atoms with Gasteiger partial charge in [0.05, 0.1) is 21.9 Å². The summed E-state index contributed by atoms with van der Waals surface area (Å²) in [6.07, 6.45) is 0. The third-order valence-electron chi connectivity index (χ3n) is 5.28. The van der Waals surface area contributed by atoms with Crippen LogP contribution in [0.3, 0.4) is 0 Å². The van der Waals surface area contributed by atoms with Crippen LogP contribution < -0.4 is 0 Å². The Labute approximate surface area is 150 Å². The van der Waals surface area contributed by atoms with Gasteiger partial charge in [0.2, 0.25) is 5.78 Å². The molecule has 0 saturated carbocycles. The van der Waals surface area contributed by atoms with Gasteiger partial charge in [-0.1, -0.05) is 6.07 Å². The third kappa shape index (κ3) is 2.05. The molecule has 0 fully saturated rings. The number of fused-ring (bicyclic) bond motifs is 2. The number of carbonyl (C=O) groups excluding carboxylic acids is 3. The standard InChI is InChI=1S/C20H20O6/c1-8-6-10-7-11-14(16(23)13(10)15(22)12(8)9(2)21)17(24)20(5,26)18(25)19(11,3)4/h6-7,22-23,26H,1-5H3. The number of Topliss-reactive ketones (excluding diaryl/α,β-unsaturated/α-hetero) is 3. The SMILES string of the molecule is CC(=O)c1c(C)cc2cc3c(c(O)c2c1O)C(=O)C(C)(O)C(=O)C3(C)C. The summed E-state index contributed by atoms with van der Waals surface area (Å²) in [5.74, 6) is -2.94. The van der Waals surface area contributed by atoms with Crippen LogP contribution in [0.2, 0.25) is 0 Å². The molecule has 0 bridgehead atoms. The Balaban J connectivity index is 2.55. The summed E-state index contributed by atoms with van der Waals surface area (Å²) in [5, 5.41) is 32.1. The fourth-order valence-corrected chi connectivity index (χ4v) is 3.91. The molecule has 1 unspecified atom stereocenters. The maximum atomic E-state index is 12.7. The van der Waals surface area contributed by atoms with E-state index < -0.39 is 34.1 Å². The van der Waals surface area contributed by atoms with Crippen LogP contribution in [0, 0.1) is 6.92 Å². The lowest BCUT2D eigenvalue weighted by molar-refractivity contribution is -0.137. The minimum Gasteiger partial charge on any atom is -0.506 e. The molecule has 2 aromatic rings. The van der Waals surface area contributed by atoms with Gasteiger partial charge in [-0.2, -0.15) is 0 Å². The van der Waals surface area contributed by atoms with Crippen LogP contribution in [0.5, 0.6) is 11.5 Å². The van der Waals surface area contributed by atoms with Crippen molar-refractivity contribution in [2.75, 3.05) is 0 Å². The van der Waals surface area contributed by atoms with Crippen LogP contribution in [0.15, 0.2) is 12.1 Å². The average molecular weight is 356 g/mol. The van der Waals surface area contributed by atoms with Crippen LogP contribution >= 0.6 is 0 Å². The molecule has 0 saturated heterocycles. The van der Waals surface area contributed by atoms with E-state index in [2.05, 4.69) is 0 Å². The fourth-order valence-electron chi connectivity index (χ4n) is 3.91. The zero-order valence-electron chi connectivity index (χ0n) is 15.2. The molecule has 0 heterocycles. The normalized spacial score (nSPS) is 21.8. The van der Waals surface area contributed by atoms with E-state index in [1.165, 1.54) is 6.92 Å². The van der Waals surface area contributed by atoms with Gasteiger partial charge in [-0.05, 0) is 57.2 Å². The van der Waals surface area contributed by atoms with E-state index in [0.29, 0.717) is 10.9 Å². The summed E-state index contributed by atoms with van der Waals surface area (Å²) in [7, 11) is 0. The zero-order chi connectivity index (χ0) is 19.8. The molecule has 3 rings (SSSR count). The van der Waals surface area contributed by atoms with Crippen LogP contribution in [-0.2, 0) is 10.2 Å². The van der Waals surface area contributed by atoms with Gasteiger partial charge in [0, 0.05) is 0 Å². The molecule has 136 valence electrons. The third-order valence-corrected chi connectivity index (χ3v) is 5.28. The van der Waals surface area contributed by atoms with Gasteiger partial charge in [0.25, 0.3) is 0 Å². The number of benzene rings is 2. The van der Waals surface area contributed by atoms with Crippen molar-refractivity contribution in [2.24, 2.45) is 0 Å². The number of ketones is 3. The number of aromatic hydroxyl groups is 2. The van der Waals surface area contributed by atoms with Crippen LogP contribution in [0.1, 0.15) is 59.5 Å². The molecule has 1 atom stereocenters. The lowest BCUT2D eigenvalue weighted by Gasteiger charge is -2.38. The Bertz CT molecular complexity index is 1030. The van der Waals surface area contributed by atoms with Crippen LogP contribution in [-0.4, -0.2) is 38.3 Å². The molecular formula is C20H20O6. The smallest absolute Gasteiger partial charge is 0.205 e. The Kier molecular flexibility index (Phi) is 3.57. The first-order valence-electron chi connectivity index (χ1n) is 8.19. The fraction of sp³-hybridized carbons (Fsp3) is 0.350. The monoisotopic (exact) mass is 356 g/mol. The second kappa shape index (κ2) is 5.14. The molecule has 6 heteroatoms. The van der Waals surface area contributed by atoms with Crippen LogP contribution in [0.25, 0.3) is 10.8 Å². The summed E-state index contributed by atoms with van der Waals surface area (Å²) in [4.78, 5) is 37.2. The van der Waals surface area contributed by atoms with Gasteiger partial charge in [-0.15, -0.1) is 0 Å². The number of rotatable bonds is 1. The van der Waals surface area contributed by atoms with E-state index in [9.17, 15) is 29.7 Å². The number of aryl methyl sites for hydroxylation is 1. The second-order valence-corrected chi connectivity index (χ2v) is 7.57. The van der Waals surface area contributed by atoms with Gasteiger partial charge in [-0.25, -0.2) is 0 Å². The Morgan fingerprint density at radius 3 is 2.15 bits per heavy atom. The predicted molar refractivity (Wildman–Crippen MR) is 95.0 cm³/mol. The first kappa shape index (κ1) is 18.1. The number of hydrogen-bond donors (Lipinski definition) is 3. The minimum absolute atomic E-state index is 0.0474. The van der Waals surface area contributed by atoms with Crippen molar-refractivity contribution in [1.82, 2.24) is 0 Å². The van der Waals surface area contributed by atoms with Gasteiger partial charge in [0.1, 0.15) is 11.5 Å². The molecule has 0 amide bonds. The Morgan fingerprint density at radius 1 is 1.04 bits per heavy atom. The molecule has 1 aliphatic rings. The molecule has 0 radical (unpaired) electrons. The number of phenolic OH excluding ortho intramolecular Hbond substituents is 2. The quantitative estimate of drug-likeness (QED) is 0.535. The lowest BCUT2D eigenvalue weighted by atomic mass is 9.64. The molecule has 1 aliphatic carbocycles. The molecular weight excluding hydrogens is 336 g/mol. The highest BCUT2D eigenvalue weighted by Crippen LogP contribution is 2.48. The van der Waals surface area contributed by atoms with Crippen molar-refractivity contribution in [3.05, 3.63) is 34.4 Å². The van der Waals surface area contributed by atoms with E-state index in [0.717, 1.165) is 6.92 Å². The van der Waals surface area contributed by atoms with Crippen molar-refractivity contribution in [3.8, 4) is 11.5 Å². The maximum Gasteiger partial charge on any atom is 0.205 e. The van der Waals surface area contributed by atoms with Gasteiger partial charge in [0.15, 0.2) is 17.2 Å². The molecule has 0 aromatic heterocycles. The summed E-state index contributed by atoms with van der Waals surface area (Å²) in [6.45, 7) is 7.18. The van der Waals surface area contributed by atoms with Crippen molar-refractivity contribution in [1.29, 1.82) is 0 Å². The molecule has 3 N–H and O–H groups in total. The molecule has 0 spiro atoms. The topological polar surface area (TPSA) is 112 Å². The predicted octanol–water partition coefficient (Wildman–Crippen LogP) is 2.56. The summed E-state index contributed by atoms with van der Waals surface area (Å²) < 4.78 is 0. The lowest BCUT2D eigenvalue weighted by Crippen LogP contribution is -2.56. The first-order valence-corrected chi connectivity index (χ1v) is 8.19. The average Bonchev–Trinajstić information content (AvgIpc) is 2.51. The van der Waals surface area contributed by atoms with Crippen molar-refractivity contribution >= 4 is 28.1 Å². The molecule has 26 heavy (non-hydrogen) atoms. The summed E-state index contributed by atoms with van der Waals surface area (Å²) in [5.41, 5.74) is -2.87. The van der Waals surface area contributed by atoms with E-state index in [4.69, 9.17) is 0 Å². The highest BCUT2D eigenvalue weighted by molar-refractivity contribution is 6.26. The number of hydrogen-bond acceptors (Lipinski definition) is 6. The van der Waals surface area contributed by atoms with Crippen molar-refractivity contribution < 1.29 is 29.7 Å². The van der Waals surface area contributed by atoms with Crippen molar-refractivity contribution in [3.63, 3.8) is 0 Å². The molecule has 2 aromatic carbocycles. The van der Waals surface area contributed by atoms with E-state index in [1.54, 1.807) is 32.9 Å². The molecule has 0 aliphatic heterocycles. The van der Waals surface area contributed by atoms with Gasteiger partial charge < -0.3 is 15.3 Å². The highest BCUT2D eigenvalue weighted by Gasteiger charge is 2.54. The Hall–Kier alpha value is -2.73. The first-order chi connectivity index (χ1) is 11.8. The van der Waals surface area contributed by atoms with E-state index in [1.807, 2.05) is 0 Å². The second-order valence-electron chi connectivity index (χ2n) is 7.57.